The molecule has 0 bridgehead atoms. The predicted molar refractivity (Wildman–Crippen MR) is 46.2 cm³/mol. The number of nitrogens with one attached hydrogen (secondary N) is 1. The summed E-state index contributed by atoms with van der Waals surface area (Å²) >= 11 is 1.00. The van der Waals surface area contributed by atoms with Gasteiger partial charge in [-0.2, -0.15) is 10.3 Å². The second kappa shape index (κ2) is 4.57. The highest BCUT2D eigenvalue weighted by Gasteiger charge is 2.03. The summed E-state index contributed by atoms with van der Waals surface area (Å²) in [5.41, 5.74) is 10.0. The number of guanidine groups is 1. The number of thioether (sulfide) groups is 1. The summed E-state index contributed by atoms with van der Waals surface area (Å²) in [6.45, 7) is 1.67. The SMILES string of the molecule is CC(C#N)SC(=N)N=C(N)N. The summed E-state index contributed by atoms with van der Waals surface area (Å²) in [6, 6.07) is 1.94. The molecule has 0 aromatic carbocycles. The Hall–Kier alpha value is -1.22. The minimum atomic E-state index is -0.300. The Bertz CT molecular complexity index is 211. The van der Waals surface area contributed by atoms with Crippen molar-refractivity contribution in [2.75, 3.05) is 0 Å². The van der Waals surface area contributed by atoms with Crippen LogP contribution < -0.4 is 11.5 Å². The molecule has 0 aromatic heterocycles. The van der Waals surface area contributed by atoms with E-state index < -0.39 is 0 Å². The zero-order valence-electron chi connectivity index (χ0n) is 6.03. The van der Waals surface area contributed by atoms with Crippen molar-refractivity contribution in [3.05, 3.63) is 0 Å². The molecule has 0 aliphatic carbocycles. The van der Waals surface area contributed by atoms with Gasteiger partial charge in [-0.05, 0) is 6.92 Å². The first kappa shape index (κ1) is 9.78. The van der Waals surface area contributed by atoms with Crippen molar-refractivity contribution in [3.8, 4) is 6.07 Å². The van der Waals surface area contributed by atoms with Crippen molar-refractivity contribution in [1.82, 2.24) is 0 Å². The third kappa shape index (κ3) is 5.24. The number of nitrogens with two attached hydrogens (primary N) is 2. The Morgan fingerprint density at radius 3 is 2.64 bits per heavy atom. The zero-order chi connectivity index (χ0) is 8.85. The van der Waals surface area contributed by atoms with Crippen molar-refractivity contribution in [3.63, 3.8) is 0 Å². The maximum absolute atomic E-state index is 8.34. The van der Waals surface area contributed by atoms with Gasteiger partial charge >= 0.3 is 0 Å². The van der Waals surface area contributed by atoms with Gasteiger partial charge in [0.15, 0.2) is 11.1 Å². The normalized spacial score (nSPS) is 11.3. The van der Waals surface area contributed by atoms with Crippen LogP contribution in [0.5, 0.6) is 0 Å². The van der Waals surface area contributed by atoms with E-state index in [-0.39, 0.29) is 16.4 Å². The molecule has 0 spiro atoms. The first-order valence-corrected chi connectivity index (χ1v) is 3.68. The lowest BCUT2D eigenvalue weighted by molar-refractivity contribution is 1.25. The molecular weight excluding hydrogens is 162 g/mol. The lowest BCUT2D eigenvalue weighted by Crippen LogP contribution is -2.23. The minimum Gasteiger partial charge on any atom is -0.370 e. The molecule has 0 radical (unpaired) electrons. The second-order valence-corrected chi connectivity index (χ2v) is 3.06. The monoisotopic (exact) mass is 171 g/mol. The maximum atomic E-state index is 8.34. The second-order valence-electron chi connectivity index (χ2n) is 1.73. The number of hydrogen-bond donors (Lipinski definition) is 3. The molecule has 0 aliphatic heterocycles. The van der Waals surface area contributed by atoms with Crippen molar-refractivity contribution in [2.24, 2.45) is 16.5 Å². The molecule has 5 nitrogen and oxygen atoms in total. The van der Waals surface area contributed by atoms with Crippen molar-refractivity contribution >= 4 is 22.9 Å². The Morgan fingerprint density at radius 1 is 1.73 bits per heavy atom. The summed E-state index contributed by atoms with van der Waals surface area (Å²) in [4.78, 5) is 3.43. The van der Waals surface area contributed by atoms with Gasteiger partial charge in [0.25, 0.3) is 0 Å². The predicted octanol–water partition coefficient (Wildman–Crippen LogP) is -0.160. The molecule has 0 saturated carbocycles. The molecule has 1 unspecified atom stereocenters. The van der Waals surface area contributed by atoms with Crippen LogP contribution in [0, 0.1) is 16.7 Å². The summed E-state index contributed by atoms with van der Waals surface area (Å²) < 4.78 is 0. The third-order valence-corrected chi connectivity index (χ3v) is 1.47. The van der Waals surface area contributed by atoms with Crippen molar-refractivity contribution < 1.29 is 0 Å². The lowest BCUT2D eigenvalue weighted by Gasteiger charge is -1.98. The molecule has 0 heterocycles. The van der Waals surface area contributed by atoms with Gasteiger partial charge in [0.1, 0.15) is 0 Å². The van der Waals surface area contributed by atoms with Crippen molar-refractivity contribution in [1.29, 1.82) is 10.7 Å². The van der Waals surface area contributed by atoms with Crippen LogP contribution in [0.25, 0.3) is 0 Å². The first-order chi connectivity index (χ1) is 5.06. The third-order valence-electron chi connectivity index (χ3n) is 0.701. The summed E-state index contributed by atoms with van der Waals surface area (Å²) in [6.07, 6.45) is 0. The van der Waals surface area contributed by atoms with Gasteiger partial charge < -0.3 is 11.5 Å². The van der Waals surface area contributed by atoms with Crippen LogP contribution in [-0.4, -0.2) is 16.4 Å². The van der Waals surface area contributed by atoms with E-state index in [4.69, 9.17) is 22.1 Å². The van der Waals surface area contributed by atoms with Gasteiger partial charge in [-0.3, -0.25) is 5.41 Å². The van der Waals surface area contributed by atoms with E-state index in [9.17, 15) is 0 Å². The quantitative estimate of drug-likeness (QED) is 0.376. The van der Waals surface area contributed by atoms with Crippen LogP contribution in [0.3, 0.4) is 0 Å². The smallest absolute Gasteiger partial charge is 0.193 e. The van der Waals surface area contributed by atoms with Crippen LogP contribution >= 0.6 is 11.8 Å². The maximum Gasteiger partial charge on any atom is 0.193 e. The molecule has 0 fully saturated rings. The van der Waals surface area contributed by atoms with Gasteiger partial charge in [-0.25, -0.2) is 0 Å². The Balaban J connectivity index is 3.92. The van der Waals surface area contributed by atoms with Gasteiger partial charge in [-0.1, -0.05) is 11.8 Å². The van der Waals surface area contributed by atoms with Crippen LogP contribution in [0.4, 0.5) is 0 Å². The summed E-state index contributed by atoms with van der Waals surface area (Å²) in [5.74, 6) is -0.160. The standard InChI is InChI=1S/C5H9N5S/c1-3(2-6)11-5(9)10-4(7)8/h3H,1H3,(H5,7,8,9,10). The van der Waals surface area contributed by atoms with E-state index in [0.29, 0.717) is 0 Å². The van der Waals surface area contributed by atoms with E-state index >= 15 is 0 Å². The number of hydrogen-bond acceptors (Lipinski definition) is 3. The van der Waals surface area contributed by atoms with Crippen LogP contribution in [-0.2, 0) is 0 Å². The fourth-order valence-corrected chi connectivity index (χ4v) is 0.883. The Morgan fingerprint density at radius 2 is 2.27 bits per heavy atom. The largest absolute Gasteiger partial charge is 0.370 e. The van der Waals surface area contributed by atoms with Gasteiger partial charge in [0.05, 0.1) is 11.3 Å². The van der Waals surface area contributed by atoms with Gasteiger partial charge in [0.2, 0.25) is 0 Å². The molecule has 6 heteroatoms. The average Bonchev–Trinajstić information content (AvgIpc) is 1.85. The van der Waals surface area contributed by atoms with E-state index in [0.717, 1.165) is 11.8 Å². The van der Waals surface area contributed by atoms with Crippen LogP contribution in [0.1, 0.15) is 6.92 Å². The first-order valence-electron chi connectivity index (χ1n) is 2.80. The highest BCUT2D eigenvalue weighted by atomic mass is 32.2. The Labute approximate surface area is 69.0 Å². The van der Waals surface area contributed by atoms with Gasteiger partial charge in [-0.15, -0.1) is 0 Å². The molecule has 0 saturated heterocycles. The van der Waals surface area contributed by atoms with E-state index in [1.54, 1.807) is 6.92 Å². The molecule has 0 aliphatic rings. The topological polar surface area (TPSA) is 112 Å². The molecule has 0 aromatic rings. The molecule has 60 valence electrons. The zero-order valence-corrected chi connectivity index (χ0v) is 6.85. The lowest BCUT2D eigenvalue weighted by atomic mass is 10.5. The molecular formula is C5H9N5S. The molecule has 0 amide bonds. The highest BCUT2D eigenvalue weighted by Crippen LogP contribution is 2.10. The molecule has 5 N–H and O–H groups in total. The Kier molecular flexibility index (Phi) is 4.07. The number of nitrogens with zero attached hydrogens (tertiary/aromatic N) is 2. The van der Waals surface area contributed by atoms with E-state index in [1.165, 1.54) is 0 Å². The van der Waals surface area contributed by atoms with E-state index in [1.807, 2.05) is 6.07 Å². The number of nitriles is 1. The molecule has 11 heavy (non-hydrogen) atoms. The summed E-state index contributed by atoms with van der Waals surface area (Å²) in [5, 5.41) is 15.1. The fourth-order valence-electron chi connectivity index (χ4n) is 0.337. The molecule has 1 atom stereocenters. The van der Waals surface area contributed by atoms with Crippen molar-refractivity contribution in [2.45, 2.75) is 12.2 Å². The molecule has 0 rings (SSSR count). The van der Waals surface area contributed by atoms with Crippen LogP contribution in [0.2, 0.25) is 0 Å². The van der Waals surface area contributed by atoms with E-state index in [2.05, 4.69) is 4.99 Å². The van der Waals surface area contributed by atoms with Crippen LogP contribution in [0.15, 0.2) is 4.99 Å². The number of aliphatic imine (C=N–C) groups is 1. The summed E-state index contributed by atoms with van der Waals surface area (Å²) in [7, 11) is 0. The number of amidine groups is 1. The highest BCUT2D eigenvalue weighted by molar-refractivity contribution is 8.14. The fraction of sp³-hybridized carbons (Fsp3) is 0.400. The number of rotatable bonds is 1. The minimum absolute atomic E-state index is 0.0425. The van der Waals surface area contributed by atoms with Gasteiger partial charge in [0, 0.05) is 0 Å². The average molecular weight is 171 g/mol.